The number of carboxylic acid groups (broad SMARTS) is 1. The lowest BCUT2D eigenvalue weighted by Crippen LogP contribution is -2.63. The number of nitrogens with zero attached hydrogens (tertiary/aromatic N) is 1. The number of carbonyl (C=O) groups is 2. The molecule has 0 unspecified atom stereocenters. The molecule has 0 spiro atoms. The van der Waals surface area contributed by atoms with Gasteiger partial charge < -0.3 is 10.4 Å². The molecule has 0 saturated carbocycles. The van der Waals surface area contributed by atoms with Crippen LogP contribution in [0.25, 0.3) is 0 Å². The molecule has 1 atom stereocenters. The highest BCUT2D eigenvalue weighted by Gasteiger charge is 2.35. The summed E-state index contributed by atoms with van der Waals surface area (Å²) in [6.45, 7) is 0.597. The van der Waals surface area contributed by atoms with Crippen molar-refractivity contribution in [3.05, 3.63) is 0 Å². The van der Waals surface area contributed by atoms with Crippen molar-refractivity contribution in [3.63, 3.8) is 0 Å². The highest BCUT2D eigenvalue weighted by Crippen LogP contribution is 2.07. The van der Waals surface area contributed by atoms with Gasteiger partial charge in [-0.1, -0.05) is 0 Å². The van der Waals surface area contributed by atoms with Crippen molar-refractivity contribution in [2.45, 2.75) is 12.5 Å². The van der Waals surface area contributed by atoms with Gasteiger partial charge in [0.05, 0.1) is 0 Å². The third kappa shape index (κ3) is 1.90. The quantitative estimate of drug-likeness (QED) is 0.456. The van der Waals surface area contributed by atoms with E-state index in [0.717, 1.165) is 4.90 Å². The average molecular weight is 182 g/mol. The van der Waals surface area contributed by atoms with Crippen LogP contribution in [-0.2, 0) is 4.79 Å². The van der Waals surface area contributed by atoms with Gasteiger partial charge in [0.15, 0.2) is 0 Å². The fourth-order valence-electron chi connectivity index (χ4n) is 1.10. The second-order valence-corrected chi connectivity index (χ2v) is 2.69. The maximum absolute atomic E-state index is 10.9. The summed E-state index contributed by atoms with van der Waals surface area (Å²) in [5.74, 6) is 2.08. The molecule has 70 valence electrons. The summed E-state index contributed by atoms with van der Waals surface area (Å²) in [4.78, 5) is 22.6. The molecule has 1 aliphatic rings. The Labute approximate surface area is 75.7 Å². The molecule has 0 aromatic heterocycles. The Morgan fingerprint density at radius 2 is 2.54 bits per heavy atom. The van der Waals surface area contributed by atoms with Crippen molar-refractivity contribution >= 4 is 12.0 Å². The van der Waals surface area contributed by atoms with Crippen molar-refractivity contribution in [1.82, 2.24) is 10.2 Å². The van der Waals surface area contributed by atoms with Gasteiger partial charge in [-0.05, 0) is 0 Å². The molecular weight excluding hydrogens is 172 g/mol. The molecule has 1 fully saturated rings. The molecule has 2 N–H and O–H groups in total. The van der Waals surface area contributed by atoms with Gasteiger partial charge in [-0.2, -0.15) is 0 Å². The highest BCUT2D eigenvalue weighted by molar-refractivity contribution is 5.90. The zero-order valence-corrected chi connectivity index (χ0v) is 6.99. The predicted molar refractivity (Wildman–Crippen MR) is 45.0 cm³/mol. The summed E-state index contributed by atoms with van der Waals surface area (Å²) in [6, 6.07) is -0.550. The Kier molecular flexibility index (Phi) is 2.75. The Balaban J connectivity index is 2.52. The fraction of sp³-hybridized carbons (Fsp3) is 0.500. The van der Waals surface area contributed by atoms with E-state index in [2.05, 4.69) is 11.2 Å². The third-order valence-corrected chi connectivity index (χ3v) is 1.89. The van der Waals surface area contributed by atoms with E-state index in [-0.39, 0.29) is 12.5 Å². The van der Waals surface area contributed by atoms with Gasteiger partial charge in [0.25, 0.3) is 0 Å². The van der Waals surface area contributed by atoms with E-state index in [1.165, 1.54) is 0 Å². The first-order chi connectivity index (χ1) is 6.16. The van der Waals surface area contributed by atoms with Gasteiger partial charge in [-0.3, -0.25) is 9.69 Å². The van der Waals surface area contributed by atoms with Crippen molar-refractivity contribution in [1.29, 1.82) is 0 Å². The van der Waals surface area contributed by atoms with Crippen LogP contribution < -0.4 is 5.32 Å². The topological polar surface area (TPSA) is 69.6 Å². The number of β-lactam (4-membered cyclic amide) rings is 1. The average Bonchev–Trinajstić information content (AvgIpc) is 2.08. The van der Waals surface area contributed by atoms with Crippen molar-refractivity contribution < 1.29 is 14.7 Å². The fourth-order valence-corrected chi connectivity index (χ4v) is 1.10. The zero-order chi connectivity index (χ0) is 9.84. The molecular formula is C8H10N2O3. The number of hydrogen-bond donors (Lipinski definition) is 2. The molecule has 0 bridgehead atoms. The SMILES string of the molecule is C#CCCN(C(=O)O)[C@H]1CNC1=O. The van der Waals surface area contributed by atoms with E-state index in [1.807, 2.05) is 0 Å². The number of carbonyl (C=O) groups excluding carboxylic acids is 1. The summed E-state index contributed by atoms with van der Waals surface area (Å²) in [5, 5.41) is 11.2. The largest absolute Gasteiger partial charge is 0.465 e. The molecule has 1 rings (SSSR count). The lowest BCUT2D eigenvalue weighted by molar-refractivity contribution is -0.132. The molecule has 0 aromatic carbocycles. The van der Waals surface area contributed by atoms with Crippen LogP contribution >= 0.6 is 0 Å². The van der Waals surface area contributed by atoms with Gasteiger partial charge in [-0.15, -0.1) is 12.3 Å². The van der Waals surface area contributed by atoms with Crippen molar-refractivity contribution in [2.24, 2.45) is 0 Å². The lowest BCUT2D eigenvalue weighted by Gasteiger charge is -2.34. The number of hydrogen-bond acceptors (Lipinski definition) is 2. The maximum atomic E-state index is 10.9. The van der Waals surface area contributed by atoms with Crippen molar-refractivity contribution in [2.75, 3.05) is 13.1 Å². The van der Waals surface area contributed by atoms with Crippen LogP contribution in [0.5, 0.6) is 0 Å². The van der Waals surface area contributed by atoms with E-state index < -0.39 is 12.1 Å². The summed E-state index contributed by atoms with van der Waals surface area (Å²) >= 11 is 0. The molecule has 0 aromatic rings. The van der Waals surface area contributed by atoms with Crippen LogP contribution in [0.4, 0.5) is 4.79 Å². The van der Waals surface area contributed by atoms with Gasteiger partial charge in [0.1, 0.15) is 6.04 Å². The zero-order valence-electron chi connectivity index (χ0n) is 6.99. The van der Waals surface area contributed by atoms with Crippen LogP contribution in [0, 0.1) is 12.3 Å². The molecule has 1 heterocycles. The molecule has 1 aliphatic heterocycles. The van der Waals surface area contributed by atoms with Crippen LogP contribution in [0.15, 0.2) is 0 Å². The number of nitrogens with one attached hydrogen (secondary N) is 1. The Morgan fingerprint density at radius 3 is 2.85 bits per heavy atom. The first-order valence-corrected chi connectivity index (χ1v) is 3.87. The van der Waals surface area contributed by atoms with Gasteiger partial charge >= 0.3 is 6.09 Å². The predicted octanol–water partition coefficient (Wildman–Crippen LogP) is -0.512. The summed E-state index contributed by atoms with van der Waals surface area (Å²) in [5.41, 5.74) is 0. The second-order valence-electron chi connectivity index (χ2n) is 2.69. The van der Waals surface area contributed by atoms with E-state index in [9.17, 15) is 9.59 Å². The Hall–Kier alpha value is -1.70. The second kappa shape index (κ2) is 3.81. The third-order valence-electron chi connectivity index (χ3n) is 1.89. The van der Waals surface area contributed by atoms with Crippen LogP contribution in [-0.4, -0.2) is 41.1 Å². The normalized spacial score (nSPS) is 19.6. The van der Waals surface area contributed by atoms with Gasteiger partial charge in [-0.25, -0.2) is 4.79 Å². The minimum Gasteiger partial charge on any atom is -0.465 e. The summed E-state index contributed by atoms with van der Waals surface area (Å²) in [7, 11) is 0. The number of rotatable bonds is 3. The maximum Gasteiger partial charge on any atom is 0.408 e. The molecule has 0 aliphatic carbocycles. The Bertz CT molecular complexity index is 269. The summed E-state index contributed by atoms with van der Waals surface area (Å²) < 4.78 is 0. The standard InChI is InChI=1S/C8H10N2O3/c1-2-3-4-10(8(12)13)6-5-9-7(6)11/h1,6H,3-5H2,(H,9,11)(H,12,13)/t6-/m0/s1. The summed E-state index contributed by atoms with van der Waals surface area (Å²) in [6.07, 6.45) is 4.23. The monoisotopic (exact) mass is 182 g/mol. The van der Waals surface area contributed by atoms with E-state index in [1.54, 1.807) is 0 Å². The highest BCUT2D eigenvalue weighted by atomic mass is 16.4. The molecule has 2 amide bonds. The minimum atomic E-state index is -1.10. The van der Waals surface area contributed by atoms with Gasteiger partial charge in [0.2, 0.25) is 5.91 Å². The van der Waals surface area contributed by atoms with Gasteiger partial charge in [0, 0.05) is 19.5 Å². The molecule has 1 saturated heterocycles. The molecule has 5 heteroatoms. The smallest absolute Gasteiger partial charge is 0.408 e. The van der Waals surface area contributed by atoms with Crippen LogP contribution in [0.2, 0.25) is 0 Å². The lowest BCUT2D eigenvalue weighted by atomic mass is 10.1. The first kappa shape index (κ1) is 9.39. The number of terminal acetylenes is 1. The number of amides is 2. The van der Waals surface area contributed by atoms with E-state index in [4.69, 9.17) is 11.5 Å². The minimum absolute atomic E-state index is 0.212. The van der Waals surface area contributed by atoms with Crippen LogP contribution in [0.3, 0.4) is 0 Å². The molecule has 0 radical (unpaired) electrons. The molecule has 5 nitrogen and oxygen atoms in total. The Morgan fingerprint density at radius 1 is 1.85 bits per heavy atom. The van der Waals surface area contributed by atoms with E-state index in [0.29, 0.717) is 13.0 Å². The first-order valence-electron chi connectivity index (χ1n) is 3.87. The molecule has 13 heavy (non-hydrogen) atoms. The van der Waals surface area contributed by atoms with Crippen molar-refractivity contribution in [3.8, 4) is 12.3 Å². The van der Waals surface area contributed by atoms with E-state index >= 15 is 0 Å². The van der Waals surface area contributed by atoms with Crippen LogP contribution in [0.1, 0.15) is 6.42 Å².